The van der Waals surface area contributed by atoms with Gasteiger partial charge in [0.25, 0.3) is 5.91 Å². The van der Waals surface area contributed by atoms with Crippen molar-refractivity contribution in [1.29, 1.82) is 0 Å². The molecule has 3 heterocycles. The molecule has 0 radical (unpaired) electrons. The SMILES string of the molecule is Cc1nc(C)c(C(=O)N2CCC(Nc3cccnn3)CC2)s1. The number of aromatic nitrogens is 3. The van der Waals surface area contributed by atoms with Crippen molar-refractivity contribution in [3.05, 3.63) is 33.9 Å². The molecule has 0 atom stereocenters. The fourth-order valence-corrected chi connectivity index (χ4v) is 3.58. The predicted molar refractivity (Wildman–Crippen MR) is 86.2 cm³/mol. The molecule has 0 unspecified atom stereocenters. The maximum atomic E-state index is 12.6. The number of carbonyl (C=O) groups excluding carboxylic acids is 1. The van der Waals surface area contributed by atoms with Crippen molar-refractivity contribution >= 4 is 23.1 Å². The highest BCUT2D eigenvalue weighted by Crippen LogP contribution is 2.22. The van der Waals surface area contributed by atoms with Gasteiger partial charge >= 0.3 is 0 Å². The van der Waals surface area contributed by atoms with Crippen LogP contribution in [-0.2, 0) is 0 Å². The summed E-state index contributed by atoms with van der Waals surface area (Å²) >= 11 is 1.48. The third-order valence-corrected chi connectivity index (χ3v) is 4.87. The summed E-state index contributed by atoms with van der Waals surface area (Å²) in [6.45, 7) is 5.35. The zero-order chi connectivity index (χ0) is 15.5. The van der Waals surface area contributed by atoms with Crippen molar-refractivity contribution in [2.75, 3.05) is 18.4 Å². The molecule has 3 rings (SSSR count). The number of thiazole rings is 1. The van der Waals surface area contributed by atoms with Crippen LogP contribution in [0, 0.1) is 13.8 Å². The molecule has 0 bridgehead atoms. The van der Waals surface area contributed by atoms with E-state index in [0.717, 1.165) is 47.3 Å². The third-order valence-electron chi connectivity index (χ3n) is 3.80. The van der Waals surface area contributed by atoms with Gasteiger partial charge in [0.15, 0.2) is 0 Å². The molecule has 1 aliphatic rings. The van der Waals surface area contributed by atoms with Crippen molar-refractivity contribution in [2.24, 2.45) is 0 Å². The van der Waals surface area contributed by atoms with Crippen LogP contribution in [0.5, 0.6) is 0 Å². The minimum atomic E-state index is 0.112. The lowest BCUT2D eigenvalue weighted by Crippen LogP contribution is -2.42. The van der Waals surface area contributed by atoms with Crippen LogP contribution in [0.15, 0.2) is 18.3 Å². The Morgan fingerprint density at radius 1 is 1.36 bits per heavy atom. The van der Waals surface area contributed by atoms with Crippen LogP contribution in [0.1, 0.15) is 33.2 Å². The molecular formula is C15H19N5OS. The summed E-state index contributed by atoms with van der Waals surface area (Å²) in [5.74, 6) is 0.905. The van der Waals surface area contributed by atoms with E-state index in [1.807, 2.05) is 30.9 Å². The molecule has 0 aliphatic carbocycles. The number of piperidine rings is 1. The lowest BCUT2D eigenvalue weighted by molar-refractivity contribution is 0.0722. The van der Waals surface area contributed by atoms with Crippen molar-refractivity contribution in [2.45, 2.75) is 32.7 Å². The third kappa shape index (κ3) is 3.24. The first kappa shape index (κ1) is 14.9. The van der Waals surface area contributed by atoms with E-state index in [1.54, 1.807) is 6.20 Å². The highest BCUT2D eigenvalue weighted by molar-refractivity contribution is 7.13. The normalized spacial score (nSPS) is 15.8. The van der Waals surface area contributed by atoms with Gasteiger partial charge in [-0.1, -0.05) is 0 Å². The summed E-state index contributed by atoms with van der Waals surface area (Å²) in [4.78, 5) is 19.6. The molecule has 1 fully saturated rings. The van der Waals surface area contributed by atoms with Crippen molar-refractivity contribution in [3.63, 3.8) is 0 Å². The van der Waals surface area contributed by atoms with Gasteiger partial charge in [-0.25, -0.2) is 4.98 Å². The average Bonchev–Trinajstić information content (AvgIpc) is 2.87. The number of carbonyl (C=O) groups is 1. The first-order valence-electron chi connectivity index (χ1n) is 7.41. The van der Waals surface area contributed by atoms with Gasteiger partial charge in [-0.15, -0.1) is 16.4 Å². The van der Waals surface area contributed by atoms with Gasteiger partial charge in [0, 0.05) is 25.3 Å². The Bertz CT molecular complexity index is 649. The Balaban J connectivity index is 1.57. The molecule has 7 heteroatoms. The quantitative estimate of drug-likeness (QED) is 0.940. The molecule has 22 heavy (non-hydrogen) atoms. The maximum Gasteiger partial charge on any atom is 0.265 e. The number of aryl methyl sites for hydroxylation is 2. The second-order valence-corrected chi connectivity index (χ2v) is 6.67. The van der Waals surface area contributed by atoms with Crippen molar-refractivity contribution in [1.82, 2.24) is 20.1 Å². The van der Waals surface area contributed by atoms with E-state index in [2.05, 4.69) is 20.5 Å². The van der Waals surface area contributed by atoms with E-state index in [0.29, 0.717) is 6.04 Å². The fraction of sp³-hybridized carbons (Fsp3) is 0.467. The number of likely N-dealkylation sites (tertiary alicyclic amines) is 1. The summed E-state index contributed by atoms with van der Waals surface area (Å²) in [5, 5.41) is 12.2. The minimum absolute atomic E-state index is 0.112. The highest BCUT2D eigenvalue weighted by atomic mass is 32.1. The summed E-state index contributed by atoms with van der Waals surface area (Å²) in [6.07, 6.45) is 3.49. The number of nitrogens with zero attached hydrogens (tertiary/aromatic N) is 4. The van der Waals surface area contributed by atoms with Gasteiger partial charge in [-0.3, -0.25) is 4.79 Å². The molecule has 1 saturated heterocycles. The number of hydrogen-bond donors (Lipinski definition) is 1. The van der Waals surface area contributed by atoms with E-state index in [9.17, 15) is 4.79 Å². The summed E-state index contributed by atoms with van der Waals surface area (Å²) in [7, 11) is 0. The van der Waals surface area contributed by atoms with Crippen LogP contribution < -0.4 is 5.32 Å². The maximum absolute atomic E-state index is 12.6. The van der Waals surface area contributed by atoms with Gasteiger partial charge < -0.3 is 10.2 Å². The standard InChI is InChI=1S/C15H19N5OS/c1-10-14(22-11(2)17-10)15(21)20-8-5-12(6-9-20)18-13-4-3-7-16-19-13/h3-4,7,12H,5-6,8-9H2,1-2H3,(H,18,19). The van der Waals surface area contributed by atoms with Crippen molar-refractivity contribution in [3.8, 4) is 0 Å². The molecular weight excluding hydrogens is 298 g/mol. The molecule has 2 aromatic heterocycles. The van der Waals surface area contributed by atoms with E-state index < -0.39 is 0 Å². The smallest absolute Gasteiger partial charge is 0.265 e. The van der Waals surface area contributed by atoms with Crippen LogP contribution in [0.3, 0.4) is 0 Å². The van der Waals surface area contributed by atoms with E-state index in [-0.39, 0.29) is 5.91 Å². The van der Waals surface area contributed by atoms with Gasteiger partial charge in [0.2, 0.25) is 0 Å². The van der Waals surface area contributed by atoms with Crippen LogP contribution in [-0.4, -0.2) is 45.1 Å². The molecule has 0 spiro atoms. The predicted octanol–water partition coefficient (Wildman–Crippen LogP) is 2.27. The second kappa shape index (κ2) is 6.39. The lowest BCUT2D eigenvalue weighted by atomic mass is 10.0. The van der Waals surface area contributed by atoms with Gasteiger partial charge in [0.05, 0.1) is 10.7 Å². The van der Waals surface area contributed by atoms with E-state index in [1.165, 1.54) is 11.3 Å². The first-order valence-corrected chi connectivity index (χ1v) is 8.22. The molecule has 116 valence electrons. The van der Waals surface area contributed by atoms with Gasteiger partial charge in [-0.05, 0) is 38.8 Å². The molecule has 6 nitrogen and oxygen atoms in total. The Labute approximate surface area is 133 Å². The monoisotopic (exact) mass is 317 g/mol. The van der Waals surface area contributed by atoms with Crippen LogP contribution >= 0.6 is 11.3 Å². The molecule has 2 aromatic rings. The Morgan fingerprint density at radius 2 is 2.14 bits per heavy atom. The molecule has 1 aliphatic heterocycles. The zero-order valence-electron chi connectivity index (χ0n) is 12.7. The van der Waals surface area contributed by atoms with Crippen molar-refractivity contribution < 1.29 is 4.79 Å². The Kier molecular flexibility index (Phi) is 4.33. The number of nitrogens with one attached hydrogen (secondary N) is 1. The van der Waals surface area contributed by atoms with E-state index in [4.69, 9.17) is 0 Å². The highest BCUT2D eigenvalue weighted by Gasteiger charge is 2.26. The topological polar surface area (TPSA) is 71.0 Å². The Morgan fingerprint density at radius 3 is 2.73 bits per heavy atom. The van der Waals surface area contributed by atoms with Gasteiger partial charge in [0.1, 0.15) is 10.7 Å². The van der Waals surface area contributed by atoms with Crippen LogP contribution in [0.4, 0.5) is 5.82 Å². The number of hydrogen-bond acceptors (Lipinski definition) is 6. The first-order chi connectivity index (χ1) is 10.6. The second-order valence-electron chi connectivity index (χ2n) is 5.47. The van der Waals surface area contributed by atoms with Gasteiger partial charge in [-0.2, -0.15) is 5.10 Å². The minimum Gasteiger partial charge on any atom is -0.366 e. The summed E-state index contributed by atoms with van der Waals surface area (Å²) in [6, 6.07) is 4.11. The fourth-order valence-electron chi connectivity index (χ4n) is 2.69. The molecule has 0 aromatic carbocycles. The molecule has 1 N–H and O–H groups in total. The molecule has 1 amide bonds. The van der Waals surface area contributed by atoms with Crippen LogP contribution in [0.2, 0.25) is 0 Å². The molecule has 0 saturated carbocycles. The lowest BCUT2D eigenvalue weighted by Gasteiger charge is -2.32. The zero-order valence-corrected chi connectivity index (χ0v) is 13.6. The Hall–Kier alpha value is -2.02. The largest absolute Gasteiger partial charge is 0.366 e. The summed E-state index contributed by atoms with van der Waals surface area (Å²) in [5.41, 5.74) is 0.840. The van der Waals surface area contributed by atoms with E-state index >= 15 is 0 Å². The average molecular weight is 317 g/mol. The summed E-state index contributed by atoms with van der Waals surface area (Å²) < 4.78 is 0. The number of amides is 1. The number of anilines is 1. The van der Waals surface area contributed by atoms with Crippen LogP contribution in [0.25, 0.3) is 0 Å². The number of rotatable bonds is 3.